The van der Waals surface area contributed by atoms with E-state index >= 15 is 0 Å². The van der Waals surface area contributed by atoms with Crippen molar-refractivity contribution in [3.05, 3.63) is 91.0 Å². The van der Waals surface area contributed by atoms with Crippen LogP contribution in [0.1, 0.15) is 0 Å². The maximum Gasteiger partial charge on any atom is 2.00 e. The van der Waals surface area contributed by atoms with E-state index < -0.39 is 0 Å². The van der Waals surface area contributed by atoms with Crippen LogP contribution in [0.4, 0.5) is 0 Å². The van der Waals surface area contributed by atoms with E-state index in [-0.39, 0.29) is 34.1 Å². The van der Waals surface area contributed by atoms with Crippen LogP contribution in [0, 0.1) is 0 Å². The monoisotopic (exact) mass is 307 g/mol. The normalized spacial score (nSPS) is 7.06. The molecule has 0 saturated carbocycles. The molecular formula is C15H15Fe2-. The summed E-state index contributed by atoms with van der Waals surface area (Å²) < 4.78 is 0. The van der Waals surface area contributed by atoms with Gasteiger partial charge in [0.1, 0.15) is 0 Å². The second kappa shape index (κ2) is 15.1. The minimum absolute atomic E-state index is 0. The van der Waals surface area contributed by atoms with Crippen LogP contribution in [0.3, 0.4) is 0 Å². The van der Waals surface area contributed by atoms with E-state index in [0.29, 0.717) is 0 Å². The quantitative estimate of drug-likeness (QED) is 0.431. The van der Waals surface area contributed by atoms with Crippen molar-refractivity contribution in [3.8, 4) is 0 Å². The van der Waals surface area contributed by atoms with E-state index in [1.807, 2.05) is 91.0 Å². The predicted molar refractivity (Wildman–Crippen MR) is 66.1 cm³/mol. The van der Waals surface area contributed by atoms with Crippen molar-refractivity contribution < 1.29 is 34.1 Å². The zero-order valence-electron chi connectivity index (χ0n) is 9.37. The summed E-state index contributed by atoms with van der Waals surface area (Å²) >= 11 is 0. The van der Waals surface area contributed by atoms with E-state index in [1.165, 1.54) is 0 Å². The molecule has 0 amide bonds. The van der Waals surface area contributed by atoms with Gasteiger partial charge in [0, 0.05) is 17.1 Å². The Morgan fingerprint density at radius 3 is 0.647 bits per heavy atom. The molecule has 0 bridgehead atoms. The third-order valence-corrected chi connectivity index (χ3v) is 1.67. The van der Waals surface area contributed by atoms with Gasteiger partial charge < -0.3 is 0 Å². The first-order valence-corrected chi connectivity index (χ1v) is 5.00. The van der Waals surface area contributed by atoms with Gasteiger partial charge in [-0.15, -0.1) is 0 Å². The molecule has 0 heterocycles. The average Bonchev–Trinajstić information content (AvgIpc) is 3.09. The van der Waals surface area contributed by atoms with Crippen LogP contribution in [-0.4, -0.2) is 0 Å². The molecule has 0 radical (unpaired) electrons. The van der Waals surface area contributed by atoms with E-state index in [1.54, 1.807) is 0 Å². The molecule has 0 saturated heterocycles. The molecule has 0 atom stereocenters. The minimum Gasteiger partial charge on any atom is -0.214 e. The van der Waals surface area contributed by atoms with Crippen molar-refractivity contribution in [1.29, 1.82) is 0 Å². The summed E-state index contributed by atoms with van der Waals surface area (Å²) in [7, 11) is 0. The molecule has 0 aromatic heterocycles. The summed E-state index contributed by atoms with van der Waals surface area (Å²) in [6.07, 6.45) is 0. The fourth-order valence-electron chi connectivity index (χ4n) is 0.962. The third-order valence-electron chi connectivity index (χ3n) is 1.67. The zero-order chi connectivity index (χ0) is 10.6. The second-order valence-corrected chi connectivity index (χ2v) is 2.89. The topological polar surface area (TPSA) is 0 Å². The fraction of sp³-hybridized carbons (Fsp3) is 0. The number of hydrogen-bond acceptors (Lipinski definition) is 0. The summed E-state index contributed by atoms with van der Waals surface area (Å²) in [5.74, 6) is 0. The minimum atomic E-state index is 0. The molecule has 0 N–H and O–H groups in total. The Kier molecular flexibility index (Phi) is 16.4. The SMILES string of the molecule is [Fe+2].[Fe].c1cc[cH-]c1.c1cc[cH-]c1.c1cc[cH-]c1. The van der Waals surface area contributed by atoms with Crippen molar-refractivity contribution in [1.82, 2.24) is 0 Å². The van der Waals surface area contributed by atoms with Crippen molar-refractivity contribution in [2.45, 2.75) is 0 Å². The molecule has 92 valence electrons. The van der Waals surface area contributed by atoms with Gasteiger partial charge in [-0.1, -0.05) is 0 Å². The first kappa shape index (κ1) is 18.5. The second-order valence-electron chi connectivity index (χ2n) is 2.89. The van der Waals surface area contributed by atoms with Crippen LogP contribution in [0.5, 0.6) is 0 Å². The van der Waals surface area contributed by atoms with Crippen molar-refractivity contribution in [3.63, 3.8) is 0 Å². The van der Waals surface area contributed by atoms with Gasteiger partial charge in [-0.25, -0.2) is 36.4 Å². The largest absolute Gasteiger partial charge is 2.00 e. The summed E-state index contributed by atoms with van der Waals surface area (Å²) in [5, 5.41) is 0. The predicted octanol–water partition coefficient (Wildman–Crippen LogP) is 4.21. The first-order valence-electron chi connectivity index (χ1n) is 5.00. The molecule has 3 aromatic carbocycles. The van der Waals surface area contributed by atoms with Gasteiger partial charge in [0.25, 0.3) is 0 Å². The summed E-state index contributed by atoms with van der Waals surface area (Å²) in [6, 6.07) is 30.0. The molecule has 17 heavy (non-hydrogen) atoms. The molecule has 3 rings (SSSR count). The van der Waals surface area contributed by atoms with E-state index in [9.17, 15) is 0 Å². The molecule has 2 heteroatoms. The molecule has 0 unspecified atom stereocenters. The van der Waals surface area contributed by atoms with E-state index in [4.69, 9.17) is 0 Å². The van der Waals surface area contributed by atoms with Gasteiger partial charge in [-0.05, 0) is 0 Å². The van der Waals surface area contributed by atoms with Crippen LogP contribution in [-0.2, 0) is 34.1 Å². The molecular weight excluding hydrogens is 292 g/mol. The van der Waals surface area contributed by atoms with E-state index in [2.05, 4.69) is 0 Å². The Hall–Kier alpha value is -0.911. The fourth-order valence-corrected chi connectivity index (χ4v) is 0.962. The average molecular weight is 307 g/mol. The third kappa shape index (κ3) is 13.0. The summed E-state index contributed by atoms with van der Waals surface area (Å²) in [6.45, 7) is 0. The van der Waals surface area contributed by atoms with Crippen LogP contribution in [0.15, 0.2) is 91.0 Å². The Morgan fingerprint density at radius 2 is 0.588 bits per heavy atom. The maximum atomic E-state index is 2.00. The summed E-state index contributed by atoms with van der Waals surface area (Å²) in [5.41, 5.74) is 0. The van der Waals surface area contributed by atoms with Crippen molar-refractivity contribution in [2.75, 3.05) is 0 Å². The van der Waals surface area contributed by atoms with Crippen LogP contribution in [0.25, 0.3) is 0 Å². The molecule has 3 aromatic rings. The first-order chi connectivity index (χ1) is 7.50. The summed E-state index contributed by atoms with van der Waals surface area (Å²) in [4.78, 5) is 0. The molecule has 0 nitrogen and oxygen atoms in total. The molecule has 0 aliphatic rings. The Bertz CT molecular complexity index is 241. The van der Waals surface area contributed by atoms with Crippen LogP contribution >= 0.6 is 0 Å². The van der Waals surface area contributed by atoms with Crippen LogP contribution in [0.2, 0.25) is 0 Å². The Balaban J connectivity index is 0. The van der Waals surface area contributed by atoms with E-state index in [0.717, 1.165) is 0 Å². The Labute approximate surface area is 125 Å². The number of hydrogen-bond donors (Lipinski definition) is 0. The standard InChI is InChI=1S/3C5H5.2Fe/c3*1-2-4-5-3-1;;/h3*1-5H;;/q3*-1;;+2. The smallest absolute Gasteiger partial charge is 0.214 e. The van der Waals surface area contributed by atoms with Gasteiger partial charge >= 0.3 is 17.1 Å². The van der Waals surface area contributed by atoms with Crippen molar-refractivity contribution in [2.24, 2.45) is 0 Å². The molecule has 0 fully saturated rings. The number of rotatable bonds is 0. The van der Waals surface area contributed by atoms with Crippen LogP contribution < -0.4 is 0 Å². The maximum absolute atomic E-state index is 2.00. The van der Waals surface area contributed by atoms with Gasteiger partial charge in [0.15, 0.2) is 0 Å². The Morgan fingerprint density at radius 1 is 0.412 bits per heavy atom. The van der Waals surface area contributed by atoms with Crippen molar-refractivity contribution >= 4 is 0 Å². The zero-order valence-corrected chi connectivity index (χ0v) is 11.6. The molecule has 0 aliphatic carbocycles. The van der Waals surface area contributed by atoms with Gasteiger partial charge in [-0.2, -0.15) is 54.6 Å². The molecule has 0 aliphatic heterocycles. The van der Waals surface area contributed by atoms with Gasteiger partial charge in [-0.3, -0.25) is 0 Å². The van der Waals surface area contributed by atoms with Gasteiger partial charge in [0.2, 0.25) is 0 Å². The molecule has 0 spiro atoms. The van der Waals surface area contributed by atoms with Gasteiger partial charge in [0.05, 0.1) is 0 Å².